The van der Waals surface area contributed by atoms with E-state index in [0.717, 1.165) is 0 Å². The van der Waals surface area contributed by atoms with Crippen LogP contribution in [0.3, 0.4) is 0 Å². The van der Waals surface area contributed by atoms with Crippen molar-refractivity contribution in [3.8, 4) is 0 Å². The Labute approximate surface area is 125 Å². The van der Waals surface area contributed by atoms with Gasteiger partial charge in [0, 0.05) is 5.02 Å². The zero-order valence-electron chi connectivity index (χ0n) is 10.4. The second-order valence-corrected chi connectivity index (χ2v) is 5.54. The van der Waals surface area contributed by atoms with E-state index in [-0.39, 0.29) is 12.3 Å². The minimum Gasteiger partial charge on any atom is -0.481 e. The lowest BCUT2D eigenvalue weighted by Crippen LogP contribution is -2.29. The van der Waals surface area contributed by atoms with Gasteiger partial charge >= 0.3 is 5.97 Å². The highest BCUT2D eigenvalue weighted by Crippen LogP contribution is 2.20. The van der Waals surface area contributed by atoms with Gasteiger partial charge in [0.05, 0.1) is 17.3 Å². The molecular weight excluding hydrogens is 298 g/mol. The smallest absolute Gasteiger partial charge is 0.305 e. The number of nitrogens with one attached hydrogen (secondary N) is 1. The van der Waals surface area contributed by atoms with E-state index in [1.54, 1.807) is 41.8 Å². The van der Waals surface area contributed by atoms with Crippen molar-refractivity contribution < 1.29 is 14.7 Å². The van der Waals surface area contributed by atoms with Crippen molar-refractivity contribution in [3.05, 3.63) is 57.2 Å². The van der Waals surface area contributed by atoms with Gasteiger partial charge < -0.3 is 10.4 Å². The molecule has 0 bridgehead atoms. The zero-order valence-corrected chi connectivity index (χ0v) is 11.9. The van der Waals surface area contributed by atoms with Gasteiger partial charge in [-0.15, -0.1) is 11.3 Å². The third kappa shape index (κ3) is 3.82. The Morgan fingerprint density at radius 2 is 1.95 bits per heavy atom. The SMILES string of the molecule is O=C(O)CC(NC(=O)c1cccs1)c1ccc(Cl)cc1. The number of carboxylic acid groups (broad SMARTS) is 1. The number of carboxylic acids is 1. The second-order valence-electron chi connectivity index (χ2n) is 4.15. The minimum absolute atomic E-state index is 0.182. The van der Waals surface area contributed by atoms with Crippen LogP contribution in [0.4, 0.5) is 0 Å². The van der Waals surface area contributed by atoms with Crippen LogP contribution in [0.15, 0.2) is 41.8 Å². The maximum atomic E-state index is 12.0. The lowest BCUT2D eigenvalue weighted by molar-refractivity contribution is -0.137. The fraction of sp³-hybridized carbons (Fsp3) is 0.143. The van der Waals surface area contributed by atoms with E-state index in [1.165, 1.54) is 11.3 Å². The van der Waals surface area contributed by atoms with Gasteiger partial charge in [-0.2, -0.15) is 0 Å². The molecule has 4 nitrogen and oxygen atoms in total. The average Bonchev–Trinajstić information content (AvgIpc) is 2.92. The summed E-state index contributed by atoms with van der Waals surface area (Å²) < 4.78 is 0. The number of amides is 1. The van der Waals surface area contributed by atoms with Crippen LogP contribution in [0.2, 0.25) is 5.02 Å². The number of carbonyl (C=O) groups excluding carboxylic acids is 1. The maximum Gasteiger partial charge on any atom is 0.305 e. The standard InChI is InChI=1S/C14H12ClNO3S/c15-10-5-3-9(4-6-10)11(8-13(17)18)16-14(19)12-2-1-7-20-12/h1-7,11H,8H2,(H,16,19)(H,17,18). The lowest BCUT2D eigenvalue weighted by atomic mass is 10.0. The molecule has 2 N–H and O–H groups in total. The van der Waals surface area contributed by atoms with Crippen molar-refractivity contribution in [3.63, 3.8) is 0 Å². The molecule has 1 amide bonds. The Balaban J connectivity index is 2.17. The molecule has 20 heavy (non-hydrogen) atoms. The quantitative estimate of drug-likeness (QED) is 0.890. The zero-order chi connectivity index (χ0) is 14.5. The van der Waals surface area contributed by atoms with Crippen molar-refractivity contribution in [1.82, 2.24) is 5.32 Å². The molecule has 0 spiro atoms. The first-order chi connectivity index (χ1) is 9.56. The van der Waals surface area contributed by atoms with Crippen LogP contribution in [0, 0.1) is 0 Å². The molecule has 6 heteroatoms. The molecule has 0 aliphatic carbocycles. The van der Waals surface area contributed by atoms with Crippen LogP contribution in [0.5, 0.6) is 0 Å². The second kappa shape index (κ2) is 6.54. The Morgan fingerprint density at radius 3 is 2.50 bits per heavy atom. The van der Waals surface area contributed by atoms with Gasteiger partial charge in [0.15, 0.2) is 0 Å². The number of rotatable bonds is 5. The molecule has 104 valence electrons. The van der Waals surface area contributed by atoms with Crippen LogP contribution in [0.1, 0.15) is 27.7 Å². The van der Waals surface area contributed by atoms with Gasteiger partial charge in [-0.1, -0.05) is 29.8 Å². The van der Waals surface area contributed by atoms with Gasteiger partial charge in [0.1, 0.15) is 0 Å². The normalized spacial score (nSPS) is 11.8. The number of benzene rings is 1. The summed E-state index contributed by atoms with van der Waals surface area (Å²) in [6.45, 7) is 0. The van der Waals surface area contributed by atoms with E-state index in [0.29, 0.717) is 15.5 Å². The molecule has 1 atom stereocenters. The Kier molecular flexibility index (Phi) is 4.76. The van der Waals surface area contributed by atoms with E-state index < -0.39 is 12.0 Å². The predicted octanol–water partition coefficient (Wildman–Crippen LogP) is 3.35. The number of aliphatic carboxylic acids is 1. The van der Waals surface area contributed by atoms with Gasteiger partial charge in [0.2, 0.25) is 0 Å². The van der Waals surface area contributed by atoms with Crippen molar-refractivity contribution in [2.45, 2.75) is 12.5 Å². The first kappa shape index (κ1) is 14.6. The fourth-order valence-corrected chi connectivity index (χ4v) is 2.51. The topological polar surface area (TPSA) is 66.4 Å². The van der Waals surface area contributed by atoms with Crippen LogP contribution >= 0.6 is 22.9 Å². The summed E-state index contributed by atoms with van der Waals surface area (Å²) in [4.78, 5) is 23.5. The van der Waals surface area contributed by atoms with Crippen LogP contribution in [-0.2, 0) is 4.79 Å². The first-order valence-corrected chi connectivity index (χ1v) is 7.13. The van der Waals surface area contributed by atoms with Crippen molar-refractivity contribution in [1.29, 1.82) is 0 Å². The number of hydrogen-bond acceptors (Lipinski definition) is 3. The van der Waals surface area contributed by atoms with Crippen LogP contribution < -0.4 is 5.32 Å². The van der Waals surface area contributed by atoms with E-state index in [4.69, 9.17) is 16.7 Å². The largest absolute Gasteiger partial charge is 0.481 e. The summed E-state index contributed by atoms with van der Waals surface area (Å²) in [6.07, 6.45) is -0.182. The monoisotopic (exact) mass is 309 g/mol. The Bertz CT molecular complexity index is 595. The van der Waals surface area contributed by atoms with E-state index in [1.807, 2.05) is 0 Å². The minimum atomic E-state index is -0.976. The van der Waals surface area contributed by atoms with Gasteiger partial charge in [-0.25, -0.2) is 0 Å². The molecule has 1 heterocycles. The van der Waals surface area contributed by atoms with Gasteiger partial charge in [-0.3, -0.25) is 9.59 Å². The summed E-state index contributed by atoms with van der Waals surface area (Å²) >= 11 is 7.12. The number of carbonyl (C=O) groups is 2. The molecule has 0 aliphatic heterocycles. The third-order valence-electron chi connectivity index (χ3n) is 2.70. The average molecular weight is 310 g/mol. The summed E-state index contributed by atoms with van der Waals surface area (Å²) in [6, 6.07) is 9.65. The summed E-state index contributed by atoms with van der Waals surface area (Å²) in [5.74, 6) is -1.25. The molecule has 0 saturated carbocycles. The number of halogens is 1. The maximum absolute atomic E-state index is 12.0. The molecule has 0 aliphatic rings. The summed E-state index contributed by atoms with van der Waals surface area (Å²) in [7, 11) is 0. The number of thiophene rings is 1. The molecule has 1 aromatic carbocycles. The lowest BCUT2D eigenvalue weighted by Gasteiger charge is -2.17. The molecule has 2 aromatic rings. The van der Waals surface area contributed by atoms with Crippen LogP contribution in [-0.4, -0.2) is 17.0 Å². The predicted molar refractivity (Wildman–Crippen MR) is 78.2 cm³/mol. The third-order valence-corrected chi connectivity index (χ3v) is 3.82. The molecular formula is C14H12ClNO3S. The van der Waals surface area contributed by atoms with E-state index in [2.05, 4.69) is 5.32 Å². The highest BCUT2D eigenvalue weighted by molar-refractivity contribution is 7.12. The van der Waals surface area contributed by atoms with E-state index in [9.17, 15) is 9.59 Å². The highest BCUT2D eigenvalue weighted by atomic mass is 35.5. The molecule has 1 aromatic heterocycles. The van der Waals surface area contributed by atoms with Crippen molar-refractivity contribution in [2.75, 3.05) is 0 Å². The summed E-state index contributed by atoms with van der Waals surface area (Å²) in [5.41, 5.74) is 0.710. The summed E-state index contributed by atoms with van der Waals surface area (Å²) in [5, 5.41) is 14.1. The van der Waals surface area contributed by atoms with Gasteiger partial charge in [0.25, 0.3) is 5.91 Å². The Morgan fingerprint density at radius 1 is 1.25 bits per heavy atom. The first-order valence-electron chi connectivity index (χ1n) is 5.88. The molecule has 2 rings (SSSR count). The number of hydrogen-bond donors (Lipinski definition) is 2. The molecule has 1 unspecified atom stereocenters. The Hall–Kier alpha value is -1.85. The van der Waals surface area contributed by atoms with Crippen molar-refractivity contribution >= 4 is 34.8 Å². The van der Waals surface area contributed by atoms with Gasteiger partial charge in [-0.05, 0) is 29.1 Å². The van der Waals surface area contributed by atoms with E-state index >= 15 is 0 Å². The van der Waals surface area contributed by atoms with Crippen LogP contribution in [0.25, 0.3) is 0 Å². The molecule has 0 saturated heterocycles. The molecule has 0 fully saturated rings. The molecule has 0 radical (unpaired) electrons. The highest BCUT2D eigenvalue weighted by Gasteiger charge is 2.19. The van der Waals surface area contributed by atoms with Crippen molar-refractivity contribution in [2.24, 2.45) is 0 Å². The fourth-order valence-electron chi connectivity index (χ4n) is 1.76.